The Labute approximate surface area is 201 Å². The highest BCUT2D eigenvalue weighted by Crippen LogP contribution is 2.33. The van der Waals surface area contributed by atoms with Crippen LogP contribution in [-0.2, 0) is 33.4 Å². The molecule has 2 heterocycles. The summed E-state index contributed by atoms with van der Waals surface area (Å²) in [6, 6.07) is 8.16. The van der Waals surface area contributed by atoms with Crippen molar-refractivity contribution in [1.29, 1.82) is 0 Å². The lowest BCUT2D eigenvalue weighted by molar-refractivity contribution is -0.147. The minimum absolute atomic E-state index is 0.0169. The summed E-state index contributed by atoms with van der Waals surface area (Å²) >= 11 is 5.71. The van der Waals surface area contributed by atoms with Crippen molar-refractivity contribution in [3.05, 3.63) is 69.7 Å². The molecule has 0 bridgehead atoms. The van der Waals surface area contributed by atoms with Gasteiger partial charge in [-0.05, 0) is 35.1 Å². The number of carbonyl (C=O) groups excluding carboxylic acids is 4. The van der Waals surface area contributed by atoms with Crippen molar-refractivity contribution in [1.82, 2.24) is 15.0 Å². The molecule has 4 radical (unpaired) electrons. The number of nitrogens with one attached hydrogen (secondary N) is 1. The predicted molar refractivity (Wildman–Crippen MR) is 119 cm³/mol. The standard InChI is InChI=1S/C22H16B2ClF2N3O4/c23-16-8-17(31)30(24)20(33)18(16)29-10-12-7-11(1-6-15(12)19(29)32)9-28-21(34)22(26,27)13-2-4-14(25)5-3-13/h1-7,16,18H,8-10H2,(H,28,34). The van der Waals surface area contributed by atoms with E-state index in [1.54, 1.807) is 6.07 Å². The number of rotatable bonds is 5. The summed E-state index contributed by atoms with van der Waals surface area (Å²) in [5.74, 6) is -8.03. The van der Waals surface area contributed by atoms with Crippen LogP contribution in [0.2, 0.25) is 10.8 Å². The normalized spacial score (nSPS) is 20.5. The molecule has 2 unspecified atom stereocenters. The van der Waals surface area contributed by atoms with E-state index >= 15 is 0 Å². The smallest absolute Gasteiger partial charge is 0.346 e. The molecule has 34 heavy (non-hydrogen) atoms. The van der Waals surface area contributed by atoms with Crippen LogP contribution in [0.3, 0.4) is 0 Å². The first kappa shape index (κ1) is 23.9. The largest absolute Gasteiger partial charge is 0.349 e. The van der Waals surface area contributed by atoms with Gasteiger partial charge in [-0.25, -0.2) is 0 Å². The van der Waals surface area contributed by atoms with Gasteiger partial charge in [-0.15, -0.1) is 0 Å². The molecular weight excluding hydrogens is 465 g/mol. The molecule has 4 rings (SSSR count). The maximum absolute atomic E-state index is 14.5. The molecule has 2 aromatic carbocycles. The Bertz CT molecular complexity index is 1200. The monoisotopic (exact) mass is 481 g/mol. The quantitative estimate of drug-likeness (QED) is 0.522. The van der Waals surface area contributed by atoms with Crippen LogP contribution in [0.25, 0.3) is 0 Å². The molecule has 1 fully saturated rings. The van der Waals surface area contributed by atoms with E-state index < -0.39 is 47.0 Å². The van der Waals surface area contributed by atoms with Crippen molar-refractivity contribution < 1.29 is 28.0 Å². The average molecular weight is 481 g/mol. The van der Waals surface area contributed by atoms with Gasteiger partial charge in [0.1, 0.15) is 6.04 Å². The zero-order chi connectivity index (χ0) is 24.8. The molecule has 2 aromatic rings. The molecule has 12 heteroatoms. The molecule has 4 amide bonds. The van der Waals surface area contributed by atoms with Crippen molar-refractivity contribution >= 4 is 51.1 Å². The number of halogens is 3. The van der Waals surface area contributed by atoms with E-state index in [4.69, 9.17) is 27.4 Å². The van der Waals surface area contributed by atoms with Gasteiger partial charge in [0.25, 0.3) is 11.8 Å². The summed E-state index contributed by atoms with van der Waals surface area (Å²) in [4.78, 5) is 50.9. The minimum atomic E-state index is -3.77. The fourth-order valence-corrected chi connectivity index (χ4v) is 4.17. The predicted octanol–water partition coefficient (Wildman–Crippen LogP) is 1.87. The molecule has 0 aliphatic carbocycles. The van der Waals surface area contributed by atoms with Gasteiger partial charge in [0.15, 0.2) is 0 Å². The van der Waals surface area contributed by atoms with E-state index in [1.807, 2.05) is 0 Å². The van der Waals surface area contributed by atoms with Crippen molar-refractivity contribution in [3.8, 4) is 0 Å². The van der Waals surface area contributed by atoms with E-state index in [0.29, 0.717) is 21.5 Å². The van der Waals surface area contributed by atoms with Gasteiger partial charge in [-0.1, -0.05) is 35.9 Å². The van der Waals surface area contributed by atoms with Crippen molar-refractivity contribution in [3.63, 3.8) is 0 Å². The van der Waals surface area contributed by atoms with Crippen LogP contribution in [0, 0.1) is 0 Å². The maximum atomic E-state index is 14.5. The molecule has 0 saturated carbocycles. The van der Waals surface area contributed by atoms with E-state index in [1.165, 1.54) is 29.2 Å². The molecule has 0 aromatic heterocycles. The Balaban J connectivity index is 1.46. The number of nitrogens with zero attached hydrogens (tertiary/aromatic N) is 2. The third-order valence-corrected chi connectivity index (χ3v) is 6.11. The average Bonchev–Trinajstić information content (AvgIpc) is 3.11. The highest BCUT2D eigenvalue weighted by atomic mass is 35.5. The Morgan fingerprint density at radius 1 is 1.15 bits per heavy atom. The fraction of sp³-hybridized carbons (Fsp3) is 0.273. The first-order valence-corrected chi connectivity index (χ1v) is 10.6. The van der Waals surface area contributed by atoms with Gasteiger partial charge >= 0.3 is 5.92 Å². The number of alkyl halides is 2. The zero-order valence-electron chi connectivity index (χ0n) is 17.6. The zero-order valence-corrected chi connectivity index (χ0v) is 18.4. The van der Waals surface area contributed by atoms with Gasteiger partial charge in [0.05, 0.1) is 7.85 Å². The first-order chi connectivity index (χ1) is 16.0. The molecule has 170 valence electrons. The highest BCUT2D eigenvalue weighted by molar-refractivity contribution is 6.31. The van der Waals surface area contributed by atoms with Gasteiger partial charge < -0.3 is 15.0 Å². The van der Waals surface area contributed by atoms with E-state index in [2.05, 4.69) is 5.32 Å². The molecule has 2 aliphatic rings. The van der Waals surface area contributed by atoms with Gasteiger partial charge in [0, 0.05) is 35.7 Å². The van der Waals surface area contributed by atoms with Crippen molar-refractivity contribution in [2.75, 3.05) is 0 Å². The van der Waals surface area contributed by atoms with Gasteiger partial charge in [-0.2, -0.15) is 8.78 Å². The molecule has 7 nitrogen and oxygen atoms in total. The molecule has 1 saturated heterocycles. The molecular formula is C22H16B2ClF2N3O4. The highest BCUT2D eigenvalue weighted by Gasteiger charge is 2.45. The van der Waals surface area contributed by atoms with E-state index in [0.717, 1.165) is 12.1 Å². The number of fused-ring (bicyclic) bond motifs is 1. The topological polar surface area (TPSA) is 86.8 Å². The van der Waals surface area contributed by atoms with Gasteiger partial charge in [-0.3, -0.25) is 19.2 Å². The number of piperidine rings is 1. The second-order valence-corrected chi connectivity index (χ2v) is 8.54. The van der Waals surface area contributed by atoms with Crippen LogP contribution < -0.4 is 5.32 Å². The second kappa shape index (κ2) is 8.87. The van der Waals surface area contributed by atoms with Crippen LogP contribution in [0.15, 0.2) is 42.5 Å². The lowest BCUT2D eigenvalue weighted by Crippen LogP contribution is -2.56. The summed E-state index contributed by atoms with van der Waals surface area (Å²) in [5, 5.41) is 2.47. The lowest BCUT2D eigenvalue weighted by Gasteiger charge is -2.38. The summed E-state index contributed by atoms with van der Waals surface area (Å²) < 4.78 is 28.9. The number of benzene rings is 2. The Kier molecular flexibility index (Phi) is 6.24. The fourth-order valence-electron chi connectivity index (χ4n) is 4.04. The van der Waals surface area contributed by atoms with Crippen molar-refractivity contribution in [2.24, 2.45) is 0 Å². The number of carbonyl (C=O) groups is 4. The summed E-state index contributed by atoms with van der Waals surface area (Å²) in [6.07, 6.45) is -0.188. The molecule has 0 spiro atoms. The van der Waals surface area contributed by atoms with Crippen LogP contribution >= 0.6 is 11.6 Å². The van der Waals surface area contributed by atoms with Crippen molar-refractivity contribution in [2.45, 2.75) is 37.3 Å². The van der Waals surface area contributed by atoms with E-state index in [9.17, 15) is 28.0 Å². The maximum Gasteiger partial charge on any atom is 0.349 e. The lowest BCUT2D eigenvalue weighted by atomic mass is 9.73. The summed E-state index contributed by atoms with van der Waals surface area (Å²) in [5.41, 5.74) is 0.817. The second-order valence-electron chi connectivity index (χ2n) is 8.10. The minimum Gasteiger partial charge on any atom is -0.346 e. The van der Waals surface area contributed by atoms with Crippen LogP contribution in [0.1, 0.15) is 33.5 Å². The Hall–Kier alpha value is -3.20. The Morgan fingerprint density at radius 3 is 2.50 bits per heavy atom. The number of hydrogen-bond donors (Lipinski definition) is 1. The van der Waals surface area contributed by atoms with Crippen LogP contribution in [0.4, 0.5) is 8.78 Å². The summed E-state index contributed by atoms with van der Waals surface area (Å²) in [7, 11) is 11.5. The Morgan fingerprint density at radius 2 is 1.82 bits per heavy atom. The SMILES string of the molecule is [B]C1CC(=O)N([B])C(=O)C1N1Cc2cc(CNC(=O)C(F)(F)c3ccc(Cl)cc3)ccc2C1=O. The third kappa shape index (κ3) is 4.20. The third-order valence-electron chi connectivity index (χ3n) is 5.86. The first-order valence-electron chi connectivity index (χ1n) is 10.2. The van der Waals surface area contributed by atoms with Crippen LogP contribution in [0.5, 0.6) is 0 Å². The van der Waals surface area contributed by atoms with Gasteiger partial charge in [0.2, 0.25) is 19.8 Å². The molecule has 2 aliphatic heterocycles. The summed E-state index contributed by atoms with van der Waals surface area (Å²) in [6.45, 7) is -0.195. The number of imide groups is 1. The molecule has 1 N–H and O–H groups in total. The molecule has 2 atom stereocenters. The van der Waals surface area contributed by atoms with E-state index in [-0.39, 0.29) is 24.5 Å². The van der Waals surface area contributed by atoms with Crippen LogP contribution in [-0.4, -0.2) is 55.2 Å². The number of hydrogen-bond acceptors (Lipinski definition) is 4. The number of amides is 4.